The van der Waals surface area contributed by atoms with Crippen LogP contribution < -0.4 is 4.84 Å². The topological polar surface area (TPSA) is 67.5 Å². The van der Waals surface area contributed by atoms with Gasteiger partial charge in [-0.25, -0.2) is 0 Å². The first-order valence-electron chi connectivity index (χ1n) is 4.23. The van der Waals surface area contributed by atoms with Crippen LogP contribution in [0.25, 0.3) is 10.9 Å². The van der Waals surface area contributed by atoms with Crippen molar-refractivity contribution >= 4 is 10.9 Å². The van der Waals surface area contributed by atoms with E-state index in [2.05, 4.69) is 5.10 Å². The molecule has 1 aromatic heterocycles. The summed E-state index contributed by atoms with van der Waals surface area (Å²) in [7, 11) is 0. The number of phenols is 1. The molecule has 5 heteroatoms. The molecule has 0 spiro atoms. The summed E-state index contributed by atoms with van der Waals surface area (Å²) in [6.07, 6.45) is 1.59. The molecule has 0 saturated heterocycles. The minimum absolute atomic E-state index is 0.0883. The Bertz CT molecular complexity index is 439. The highest BCUT2D eigenvalue weighted by Crippen LogP contribution is 2.22. The Morgan fingerprint density at radius 3 is 3.07 bits per heavy atom. The van der Waals surface area contributed by atoms with Gasteiger partial charge in [-0.3, -0.25) is 0 Å². The molecule has 0 unspecified atom stereocenters. The number of hydrogen-bond donors (Lipinski definition) is 2. The van der Waals surface area contributed by atoms with E-state index in [1.807, 2.05) is 6.07 Å². The van der Waals surface area contributed by atoms with Crippen molar-refractivity contribution in [3.8, 4) is 5.75 Å². The van der Waals surface area contributed by atoms with Crippen molar-refractivity contribution in [1.29, 1.82) is 0 Å². The molecule has 14 heavy (non-hydrogen) atoms. The van der Waals surface area contributed by atoms with Crippen LogP contribution in [0.5, 0.6) is 5.75 Å². The van der Waals surface area contributed by atoms with Gasteiger partial charge in [-0.05, 0) is 6.07 Å². The van der Waals surface area contributed by atoms with Crippen molar-refractivity contribution in [2.75, 3.05) is 13.2 Å². The number of rotatable bonds is 3. The molecule has 2 N–H and O–H groups in total. The van der Waals surface area contributed by atoms with Crippen molar-refractivity contribution < 1.29 is 15.1 Å². The molecule has 74 valence electrons. The lowest BCUT2D eigenvalue weighted by Crippen LogP contribution is -2.16. The van der Waals surface area contributed by atoms with E-state index >= 15 is 0 Å². The van der Waals surface area contributed by atoms with Gasteiger partial charge in [0.05, 0.1) is 12.8 Å². The Kier molecular flexibility index (Phi) is 2.24. The third-order valence-corrected chi connectivity index (χ3v) is 1.84. The van der Waals surface area contributed by atoms with E-state index in [9.17, 15) is 5.11 Å². The molecule has 0 saturated carbocycles. The maximum Gasteiger partial charge on any atom is 0.151 e. The van der Waals surface area contributed by atoms with Crippen LogP contribution in [0.4, 0.5) is 0 Å². The second-order valence-corrected chi connectivity index (χ2v) is 2.79. The predicted molar refractivity (Wildman–Crippen MR) is 49.9 cm³/mol. The molecule has 0 aliphatic rings. The number of phenolic OH excluding ortho intramolecular Hbond substituents is 1. The molecule has 0 amide bonds. The first-order valence-corrected chi connectivity index (χ1v) is 4.23. The molecule has 2 rings (SSSR count). The zero-order valence-electron chi connectivity index (χ0n) is 7.42. The largest absolute Gasteiger partial charge is 0.506 e. The monoisotopic (exact) mass is 194 g/mol. The van der Waals surface area contributed by atoms with E-state index in [0.29, 0.717) is 5.52 Å². The third-order valence-electron chi connectivity index (χ3n) is 1.84. The van der Waals surface area contributed by atoms with Crippen molar-refractivity contribution in [2.45, 2.75) is 0 Å². The highest BCUT2D eigenvalue weighted by atomic mass is 16.7. The lowest BCUT2D eigenvalue weighted by Gasteiger charge is -2.04. The minimum atomic E-state index is -0.0883. The molecule has 0 aliphatic heterocycles. The molecule has 0 fully saturated rings. The average Bonchev–Trinajstić information content (AvgIpc) is 2.59. The van der Waals surface area contributed by atoms with Gasteiger partial charge in [0.1, 0.15) is 12.4 Å². The summed E-state index contributed by atoms with van der Waals surface area (Å²) < 4.78 is 0. The van der Waals surface area contributed by atoms with Crippen LogP contribution in [0.2, 0.25) is 0 Å². The fourth-order valence-electron chi connectivity index (χ4n) is 1.26. The quantitative estimate of drug-likeness (QED) is 0.730. The zero-order valence-corrected chi connectivity index (χ0v) is 7.42. The summed E-state index contributed by atoms with van der Waals surface area (Å²) in [5, 5.41) is 22.8. The fourth-order valence-corrected chi connectivity index (χ4v) is 1.26. The summed E-state index contributed by atoms with van der Waals surface area (Å²) in [5.74, 6) is 0.109. The molecular formula is C9H10N2O3. The third kappa shape index (κ3) is 1.38. The van der Waals surface area contributed by atoms with Crippen LogP contribution in [0.1, 0.15) is 0 Å². The number of nitrogens with zero attached hydrogens (tertiary/aromatic N) is 2. The predicted octanol–water partition coefficient (Wildman–Crippen LogP) is 0.163. The Morgan fingerprint density at radius 2 is 2.29 bits per heavy atom. The van der Waals surface area contributed by atoms with Crippen LogP contribution in [0.3, 0.4) is 0 Å². The number of aliphatic hydroxyl groups is 1. The van der Waals surface area contributed by atoms with Crippen LogP contribution >= 0.6 is 0 Å². The van der Waals surface area contributed by atoms with Crippen LogP contribution in [0.15, 0.2) is 24.4 Å². The molecule has 0 radical (unpaired) electrons. The van der Waals surface area contributed by atoms with E-state index in [1.54, 1.807) is 18.3 Å². The van der Waals surface area contributed by atoms with Crippen LogP contribution in [-0.2, 0) is 0 Å². The normalized spacial score (nSPS) is 10.6. The number of aromatic nitrogens is 2. The fraction of sp³-hybridized carbons (Fsp3) is 0.222. The zero-order chi connectivity index (χ0) is 9.97. The molecule has 0 atom stereocenters. The molecule has 2 aromatic rings. The Balaban J connectivity index is 2.45. The van der Waals surface area contributed by atoms with Crippen LogP contribution in [0, 0.1) is 0 Å². The minimum Gasteiger partial charge on any atom is -0.506 e. The number of aromatic hydroxyl groups is 1. The maximum absolute atomic E-state index is 9.54. The molecular weight excluding hydrogens is 184 g/mol. The summed E-state index contributed by atoms with van der Waals surface area (Å²) in [6, 6.07) is 5.11. The summed E-state index contributed by atoms with van der Waals surface area (Å²) in [6.45, 7) is 0.0556. The number of aliphatic hydroxyl groups excluding tert-OH is 1. The van der Waals surface area contributed by atoms with Crippen molar-refractivity contribution in [3.63, 3.8) is 0 Å². The summed E-state index contributed by atoms with van der Waals surface area (Å²) in [5.41, 5.74) is 0.515. The summed E-state index contributed by atoms with van der Waals surface area (Å²) >= 11 is 0. The van der Waals surface area contributed by atoms with Gasteiger partial charge >= 0.3 is 0 Å². The standard InChI is InChI=1S/C9H10N2O3/c12-4-5-14-11-9-7(6-10-11)2-1-3-8(9)13/h1-3,6,12-13H,4-5H2. The van der Waals surface area contributed by atoms with E-state index in [4.69, 9.17) is 9.94 Å². The highest BCUT2D eigenvalue weighted by Gasteiger charge is 2.06. The maximum atomic E-state index is 9.54. The van der Waals surface area contributed by atoms with Crippen molar-refractivity contribution in [1.82, 2.24) is 9.94 Å². The van der Waals surface area contributed by atoms with E-state index < -0.39 is 0 Å². The van der Waals surface area contributed by atoms with Gasteiger partial charge in [0.15, 0.2) is 5.52 Å². The Labute approximate surface area is 80.1 Å². The van der Waals surface area contributed by atoms with Gasteiger partial charge in [0, 0.05) is 5.39 Å². The first-order chi connectivity index (χ1) is 6.83. The van der Waals surface area contributed by atoms with Gasteiger partial charge < -0.3 is 15.1 Å². The van der Waals surface area contributed by atoms with Gasteiger partial charge in [-0.2, -0.15) is 0 Å². The van der Waals surface area contributed by atoms with Gasteiger partial charge in [0.25, 0.3) is 0 Å². The molecule has 1 aromatic carbocycles. The first kappa shape index (κ1) is 8.83. The van der Waals surface area contributed by atoms with E-state index in [0.717, 1.165) is 5.39 Å². The van der Waals surface area contributed by atoms with Gasteiger partial charge in [-0.1, -0.05) is 17.0 Å². The molecule has 0 bridgehead atoms. The van der Waals surface area contributed by atoms with Crippen molar-refractivity contribution in [2.24, 2.45) is 0 Å². The second-order valence-electron chi connectivity index (χ2n) is 2.79. The van der Waals surface area contributed by atoms with Crippen LogP contribution in [-0.4, -0.2) is 33.4 Å². The number of para-hydroxylation sites is 1. The Morgan fingerprint density at radius 1 is 1.43 bits per heavy atom. The summed E-state index contributed by atoms with van der Waals surface area (Å²) in [4.78, 5) is 6.29. The molecule has 0 aliphatic carbocycles. The lowest BCUT2D eigenvalue weighted by atomic mass is 10.2. The van der Waals surface area contributed by atoms with E-state index in [1.165, 1.54) is 4.85 Å². The smallest absolute Gasteiger partial charge is 0.151 e. The van der Waals surface area contributed by atoms with E-state index in [-0.39, 0.29) is 19.0 Å². The Hall–Kier alpha value is -1.75. The highest BCUT2D eigenvalue weighted by molar-refractivity contribution is 5.83. The van der Waals surface area contributed by atoms with Crippen molar-refractivity contribution in [3.05, 3.63) is 24.4 Å². The SMILES string of the molecule is OCCOn1ncc2cccc(O)c21. The molecule has 1 heterocycles. The average molecular weight is 194 g/mol. The lowest BCUT2D eigenvalue weighted by molar-refractivity contribution is 0.0610. The van der Waals surface area contributed by atoms with Gasteiger partial charge in [-0.15, -0.1) is 5.10 Å². The molecule has 5 nitrogen and oxygen atoms in total. The number of fused-ring (bicyclic) bond motifs is 1. The van der Waals surface area contributed by atoms with Gasteiger partial charge in [0.2, 0.25) is 0 Å². The second kappa shape index (κ2) is 3.55. The number of benzene rings is 1. The number of hydrogen-bond acceptors (Lipinski definition) is 4.